The maximum atomic E-state index is 12.8. The molecule has 2 aliphatic rings. The van der Waals surface area contributed by atoms with Gasteiger partial charge >= 0.3 is 0 Å². The Kier molecular flexibility index (Phi) is 5.79. The van der Waals surface area contributed by atoms with Crippen LogP contribution in [0, 0.1) is 17.2 Å². The number of carbonyl (C=O) groups excluding carboxylic acids is 1. The van der Waals surface area contributed by atoms with E-state index in [0.717, 1.165) is 0 Å². The lowest BCUT2D eigenvalue weighted by Crippen LogP contribution is -2.46. The van der Waals surface area contributed by atoms with Crippen molar-refractivity contribution in [3.8, 4) is 6.07 Å². The van der Waals surface area contributed by atoms with E-state index in [9.17, 15) is 21.6 Å². The van der Waals surface area contributed by atoms with Crippen LogP contribution in [0.1, 0.15) is 24.8 Å². The van der Waals surface area contributed by atoms with Crippen LogP contribution >= 0.6 is 0 Å². The normalized spacial score (nSPS) is 23.2. The van der Waals surface area contributed by atoms with Gasteiger partial charge in [-0.05, 0) is 43.5 Å². The molecule has 0 bridgehead atoms. The Labute approximate surface area is 165 Å². The topological polar surface area (TPSA) is 116 Å². The minimum absolute atomic E-state index is 0.00115. The minimum atomic E-state index is -3.67. The predicted octanol–water partition coefficient (Wildman–Crippen LogP) is 0.604. The molecular formula is C18H23N3O5S2. The first kappa shape index (κ1) is 20.8. The van der Waals surface area contributed by atoms with E-state index in [4.69, 9.17) is 5.26 Å². The molecule has 1 aromatic rings. The summed E-state index contributed by atoms with van der Waals surface area (Å²) >= 11 is 0. The van der Waals surface area contributed by atoms with Crippen molar-refractivity contribution in [2.75, 3.05) is 31.6 Å². The van der Waals surface area contributed by atoms with Crippen LogP contribution in [0.4, 0.5) is 0 Å². The minimum Gasteiger partial charge on any atom is -0.341 e. The fourth-order valence-electron chi connectivity index (χ4n) is 3.74. The maximum absolute atomic E-state index is 12.8. The molecule has 1 aromatic carbocycles. The molecule has 3 rings (SSSR count). The summed E-state index contributed by atoms with van der Waals surface area (Å²) in [7, 11) is -5.11. The van der Waals surface area contributed by atoms with E-state index >= 15 is 0 Å². The largest absolute Gasteiger partial charge is 0.341 e. The molecule has 0 saturated carbocycles. The zero-order valence-electron chi connectivity index (χ0n) is 15.6. The fraction of sp³-hybridized carbons (Fsp3) is 0.556. The first-order chi connectivity index (χ1) is 13.1. The lowest BCUT2D eigenvalue weighted by Gasteiger charge is -2.34. The fourth-order valence-corrected chi connectivity index (χ4v) is 6.99. The van der Waals surface area contributed by atoms with Crippen LogP contribution in [0.3, 0.4) is 0 Å². The van der Waals surface area contributed by atoms with Gasteiger partial charge < -0.3 is 4.90 Å². The van der Waals surface area contributed by atoms with Gasteiger partial charge in [-0.2, -0.15) is 9.57 Å². The van der Waals surface area contributed by atoms with E-state index < -0.39 is 19.9 Å². The van der Waals surface area contributed by atoms with Gasteiger partial charge in [0.15, 0.2) is 9.84 Å². The van der Waals surface area contributed by atoms with E-state index in [1.807, 2.05) is 6.07 Å². The van der Waals surface area contributed by atoms with Crippen molar-refractivity contribution >= 4 is 25.8 Å². The number of carbonyl (C=O) groups is 1. The third kappa shape index (κ3) is 4.21. The average molecular weight is 426 g/mol. The van der Waals surface area contributed by atoms with Gasteiger partial charge in [-0.25, -0.2) is 16.8 Å². The van der Waals surface area contributed by atoms with E-state index in [1.165, 1.54) is 33.5 Å². The Bertz CT molecular complexity index is 989. The summed E-state index contributed by atoms with van der Waals surface area (Å²) in [5, 5.41) is 8.83. The Hall–Kier alpha value is -1.96. The van der Waals surface area contributed by atoms with Crippen molar-refractivity contribution in [2.24, 2.45) is 5.92 Å². The van der Waals surface area contributed by atoms with Crippen molar-refractivity contribution < 1.29 is 21.6 Å². The van der Waals surface area contributed by atoms with Gasteiger partial charge in [0.1, 0.15) is 0 Å². The molecule has 152 valence electrons. The highest BCUT2D eigenvalue weighted by atomic mass is 32.2. The molecule has 1 amide bonds. The maximum Gasteiger partial charge on any atom is 0.243 e. The van der Waals surface area contributed by atoms with Crippen molar-refractivity contribution in [3.05, 3.63) is 29.8 Å². The number of benzene rings is 1. The molecule has 2 heterocycles. The number of amides is 1. The molecule has 2 fully saturated rings. The van der Waals surface area contributed by atoms with Crippen LogP contribution in [0.15, 0.2) is 29.2 Å². The number of rotatable bonds is 4. The summed E-state index contributed by atoms with van der Waals surface area (Å²) in [6, 6.07) is 7.42. The number of hydrogen-bond acceptors (Lipinski definition) is 6. The van der Waals surface area contributed by atoms with Gasteiger partial charge in [0.05, 0.1) is 28.0 Å². The van der Waals surface area contributed by atoms with Crippen molar-refractivity contribution in [2.45, 2.75) is 30.2 Å². The van der Waals surface area contributed by atoms with E-state index in [0.29, 0.717) is 24.8 Å². The molecule has 1 atom stereocenters. The van der Waals surface area contributed by atoms with E-state index in [2.05, 4.69) is 0 Å². The summed E-state index contributed by atoms with van der Waals surface area (Å²) in [5.74, 6) is -0.309. The second-order valence-corrected chi connectivity index (χ2v) is 11.5. The molecule has 0 spiro atoms. The summed E-state index contributed by atoms with van der Waals surface area (Å²) in [6.45, 7) is 0.463. The summed E-state index contributed by atoms with van der Waals surface area (Å²) in [5.41, 5.74) is 0.389. The van der Waals surface area contributed by atoms with Gasteiger partial charge in [-0.15, -0.1) is 0 Å². The van der Waals surface area contributed by atoms with Crippen LogP contribution in [0.2, 0.25) is 0 Å². The van der Waals surface area contributed by atoms with E-state index in [1.54, 1.807) is 7.05 Å². The first-order valence-corrected chi connectivity index (χ1v) is 12.4. The monoisotopic (exact) mass is 425 g/mol. The van der Waals surface area contributed by atoms with Crippen LogP contribution in [0.25, 0.3) is 0 Å². The molecule has 0 aliphatic carbocycles. The first-order valence-electron chi connectivity index (χ1n) is 9.11. The smallest absolute Gasteiger partial charge is 0.243 e. The SMILES string of the molecule is CN(C(=O)C1CCN(S(=O)(=O)c2ccc(C#N)cc2)CC1)[C@H]1CCS(=O)(=O)C1. The molecule has 0 aromatic heterocycles. The second kappa shape index (κ2) is 7.81. The zero-order valence-corrected chi connectivity index (χ0v) is 17.2. The third-order valence-corrected chi connectivity index (χ3v) is 9.19. The number of nitrogens with zero attached hydrogens (tertiary/aromatic N) is 3. The summed E-state index contributed by atoms with van der Waals surface area (Å²) in [4.78, 5) is 14.4. The summed E-state index contributed by atoms with van der Waals surface area (Å²) in [6.07, 6.45) is 1.26. The number of nitriles is 1. The van der Waals surface area contributed by atoms with Gasteiger partial charge in [-0.3, -0.25) is 4.79 Å². The standard InChI is InChI=1S/C18H23N3O5S2/c1-20(16-8-11-27(23,24)13-16)18(22)15-6-9-21(10-7-15)28(25,26)17-4-2-14(12-19)3-5-17/h2-5,15-16H,6-11,13H2,1H3/t16-/m0/s1. The molecular weight excluding hydrogens is 402 g/mol. The summed E-state index contributed by atoms with van der Waals surface area (Å²) < 4.78 is 50.2. The quantitative estimate of drug-likeness (QED) is 0.698. The zero-order chi connectivity index (χ0) is 20.5. The van der Waals surface area contributed by atoms with Crippen molar-refractivity contribution in [1.82, 2.24) is 9.21 Å². The second-order valence-electron chi connectivity index (χ2n) is 7.32. The van der Waals surface area contributed by atoms with Crippen LogP contribution in [-0.4, -0.2) is 69.6 Å². The molecule has 0 unspecified atom stereocenters. The molecule has 0 radical (unpaired) electrons. The van der Waals surface area contributed by atoms with Gasteiger partial charge in [0.25, 0.3) is 0 Å². The highest BCUT2D eigenvalue weighted by Crippen LogP contribution is 2.27. The Balaban J connectivity index is 1.62. The lowest BCUT2D eigenvalue weighted by atomic mass is 9.96. The van der Waals surface area contributed by atoms with Crippen LogP contribution in [-0.2, 0) is 24.7 Å². The van der Waals surface area contributed by atoms with Gasteiger partial charge in [-0.1, -0.05) is 0 Å². The van der Waals surface area contributed by atoms with Crippen molar-refractivity contribution in [1.29, 1.82) is 5.26 Å². The number of hydrogen-bond donors (Lipinski definition) is 0. The predicted molar refractivity (Wildman–Crippen MR) is 102 cm³/mol. The average Bonchev–Trinajstić information content (AvgIpc) is 3.06. The molecule has 2 saturated heterocycles. The van der Waals surface area contributed by atoms with Crippen LogP contribution in [0.5, 0.6) is 0 Å². The Morgan fingerprint density at radius 3 is 2.29 bits per heavy atom. The number of sulfonamides is 1. The highest BCUT2D eigenvalue weighted by Gasteiger charge is 2.37. The third-order valence-electron chi connectivity index (χ3n) is 5.53. The Morgan fingerprint density at radius 2 is 1.79 bits per heavy atom. The molecule has 0 N–H and O–H groups in total. The van der Waals surface area contributed by atoms with Gasteiger partial charge in [0, 0.05) is 32.1 Å². The Morgan fingerprint density at radius 1 is 1.18 bits per heavy atom. The van der Waals surface area contributed by atoms with E-state index in [-0.39, 0.29) is 47.4 Å². The molecule has 28 heavy (non-hydrogen) atoms. The van der Waals surface area contributed by atoms with Gasteiger partial charge in [0.2, 0.25) is 15.9 Å². The number of sulfone groups is 1. The molecule has 10 heteroatoms. The van der Waals surface area contributed by atoms with Crippen molar-refractivity contribution in [3.63, 3.8) is 0 Å². The highest BCUT2D eigenvalue weighted by molar-refractivity contribution is 7.91. The number of piperidine rings is 1. The molecule has 8 nitrogen and oxygen atoms in total. The molecule has 2 aliphatic heterocycles. The lowest BCUT2D eigenvalue weighted by molar-refractivity contribution is -0.137. The van der Waals surface area contributed by atoms with Crippen LogP contribution < -0.4 is 0 Å².